The maximum absolute atomic E-state index is 12.9. The van der Waals surface area contributed by atoms with Crippen LogP contribution in [0.15, 0.2) is 4.99 Å². The van der Waals surface area contributed by atoms with Crippen LogP contribution in [0, 0.1) is 0 Å². The normalized spacial score (nSPS) is 13.6. The van der Waals surface area contributed by atoms with Gasteiger partial charge >= 0.3 is 17.9 Å². The first-order valence-corrected chi connectivity index (χ1v) is 11.3. The summed E-state index contributed by atoms with van der Waals surface area (Å²) in [6.07, 6.45) is -2.33. The molecular weight excluding hydrogens is 512 g/mol. The summed E-state index contributed by atoms with van der Waals surface area (Å²) in [5.74, 6) is -8.35. The van der Waals surface area contributed by atoms with Crippen LogP contribution in [0.25, 0.3) is 0 Å². The smallest absolute Gasteiger partial charge is 0.326 e. The van der Waals surface area contributed by atoms with Crippen LogP contribution >= 0.6 is 0 Å². The van der Waals surface area contributed by atoms with E-state index in [-0.39, 0.29) is 38.2 Å². The van der Waals surface area contributed by atoms with Gasteiger partial charge in [0, 0.05) is 19.4 Å². The molecule has 0 aliphatic carbocycles. The number of carbonyl (C=O) groups is 7. The Morgan fingerprint density at radius 3 is 1.68 bits per heavy atom. The largest absolute Gasteiger partial charge is 0.481 e. The molecule has 38 heavy (non-hydrogen) atoms. The van der Waals surface area contributed by atoms with E-state index in [4.69, 9.17) is 33.1 Å². The van der Waals surface area contributed by atoms with Crippen LogP contribution in [0.4, 0.5) is 0 Å². The minimum absolute atomic E-state index is 0.0212. The first-order valence-electron chi connectivity index (χ1n) is 11.3. The number of nitrogens with zero attached hydrogens (tertiary/aromatic N) is 1. The number of guanidine groups is 1. The maximum atomic E-state index is 12.9. The average molecular weight is 547 g/mol. The van der Waals surface area contributed by atoms with E-state index in [2.05, 4.69) is 15.6 Å². The number of nitrogens with one attached hydrogen (secondary N) is 3. The third-order valence-corrected chi connectivity index (χ3v) is 4.89. The van der Waals surface area contributed by atoms with Crippen molar-refractivity contribution in [2.45, 2.75) is 69.1 Å². The Bertz CT molecular complexity index is 921. The minimum atomic E-state index is -1.82. The molecule has 4 atom stereocenters. The number of rotatable bonds is 19. The molecular formula is C20H34N8O10. The minimum Gasteiger partial charge on any atom is -0.481 e. The van der Waals surface area contributed by atoms with Crippen molar-refractivity contribution in [2.75, 3.05) is 6.54 Å². The van der Waals surface area contributed by atoms with Crippen molar-refractivity contribution in [3.63, 3.8) is 0 Å². The molecule has 0 saturated carbocycles. The van der Waals surface area contributed by atoms with Crippen molar-refractivity contribution in [2.24, 2.45) is 27.9 Å². The summed E-state index contributed by atoms with van der Waals surface area (Å²) in [5.41, 5.74) is 21.2. The highest BCUT2D eigenvalue weighted by Crippen LogP contribution is 2.06. The molecule has 0 spiro atoms. The fourth-order valence-electron chi connectivity index (χ4n) is 2.94. The Kier molecular flexibility index (Phi) is 15.0. The van der Waals surface area contributed by atoms with Gasteiger partial charge in [0.05, 0.1) is 12.5 Å². The molecule has 214 valence electrons. The molecule has 4 amide bonds. The van der Waals surface area contributed by atoms with Crippen molar-refractivity contribution in [1.29, 1.82) is 0 Å². The molecule has 14 N–H and O–H groups in total. The van der Waals surface area contributed by atoms with Gasteiger partial charge in [-0.3, -0.25) is 33.8 Å². The molecule has 0 rings (SSSR count). The van der Waals surface area contributed by atoms with E-state index < -0.39 is 85.0 Å². The lowest BCUT2D eigenvalue weighted by Gasteiger charge is -2.25. The van der Waals surface area contributed by atoms with Crippen molar-refractivity contribution < 1.29 is 48.9 Å². The SMILES string of the molecule is NC(=O)CCC(N)C(=O)NC(CCC(=O)O)C(=O)NC(CCCN=C(N)N)C(=O)NC(CC(=O)O)C(=O)O. The molecule has 0 fully saturated rings. The standard InChI is InChI=1S/C20H34N8O10/c21-9(3-5-13(22)29)16(34)26-11(4-6-14(30)31)18(36)27-10(2-1-7-25-20(23)24)17(35)28-12(19(37)38)8-15(32)33/h9-12H,1-8,21H2,(H2,22,29)(H,26,34)(H,27,36)(H,28,35)(H,30,31)(H,32,33)(H,37,38)(H4,23,24,25). The molecule has 18 nitrogen and oxygen atoms in total. The van der Waals surface area contributed by atoms with Crippen molar-refractivity contribution >= 4 is 47.5 Å². The Balaban J connectivity index is 5.72. The molecule has 0 aromatic carbocycles. The Hall–Kier alpha value is -4.48. The third-order valence-electron chi connectivity index (χ3n) is 4.89. The second-order valence-corrected chi connectivity index (χ2v) is 8.11. The molecule has 0 bridgehead atoms. The van der Waals surface area contributed by atoms with Crippen LogP contribution < -0.4 is 38.9 Å². The maximum Gasteiger partial charge on any atom is 0.326 e. The Labute approximate surface area is 216 Å². The first kappa shape index (κ1) is 33.5. The summed E-state index contributed by atoms with van der Waals surface area (Å²) in [6.45, 7) is 0.0212. The number of hydrogen-bond donors (Lipinski definition) is 10. The predicted molar refractivity (Wildman–Crippen MR) is 129 cm³/mol. The average Bonchev–Trinajstić information content (AvgIpc) is 2.80. The quantitative estimate of drug-likeness (QED) is 0.0415. The van der Waals surface area contributed by atoms with E-state index in [0.717, 1.165) is 0 Å². The molecule has 0 aromatic heterocycles. The van der Waals surface area contributed by atoms with E-state index in [0.29, 0.717) is 0 Å². The van der Waals surface area contributed by atoms with Crippen LogP contribution in [0.1, 0.15) is 44.9 Å². The number of carbonyl (C=O) groups excluding carboxylic acids is 4. The highest BCUT2D eigenvalue weighted by molar-refractivity contribution is 5.95. The highest BCUT2D eigenvalue weighted by atomic mass is 16.4. The van der Waals surface area contributed by atoms with E-state index in [1.807, 2.05) is 5.32 Å². The van der Waals surface area contributed by atoms with Crippen LogP contribution in [0.3, 0.4) is 0 Å². The zero-order valence-corrected chi connectivity index (χ0v) is 20.4. The van der Waals surface area contributed by atoms with Gasteiger partial charge in [-0.05, 0) is 25.7 Å². The van der Waals surface area contributed by atoms with Gasteiger partial charge in [-0.25, -0.2) is 4.79 Å². The summed E-state index contributed by atoms with van der Waals surface area (Å²) >= 11 is 0. The summed E-state index contributed by atoms with van der Waals surface area (Å²) in [6, 6.07) is -6.00. The molecule has 0 aliphatic rings. The zero-order valence-electron chi connectivity index (χ0n) is 20.4. The monoisotopic (exact) mass is 546 g/mol. The van der Waals surface area contributed by atoms with Crippen LogP contribution in [-0.4, -0.2) is 93.5 Å². The lowest BCUT2D eigenvalue weighted by molar-refractivity contribution is -0.147. The molecule has 0 radical (unpaired) electrons. The summed E-state index contributed by atoms with van der Waals surface area (Å²) in [5, 5.41) is 33.6. The number of carboxylic acids is 3. The molecule has 4 unspecified atom stereocenters. The molecule has 0 aromatic rings. The van der Waals surface area contributed by atoms with Gasteiger partial charge in [0.15, 0.2) is 5.96 Å². The highest BCUT2D eigenvalue weighted by Gasteiger charge is 2.31. The Morgan fingerprint density at radius 1 is 0.684 bits per heavy atom. The number of hydrogen-bond acceptors (Lipinski definition) is 9. The van der Waals surface area contributed by atoms with Gasteiger partial charge in [-0.1, -0.05) is 0 Å². The van der Waals surface area contributed by atoms with Crippen LogP contribution in [0.2, 0.25) is 0 Å². The number of aliphatic imine (C=N–C) groups is 1. The van der Waals surface area contributed by atoms with Gasteiger partial charge in [0.2, 0.25) is 23.6 Å². The number of amides is 4. The number of primary amides is 1. The fraction of sp³-hybridized carbons (Fsp3) is 0.600. The third kappa shape index (κ3) is 14.8. The topological polar surface area (TPSA) is 333 Å². The molecule has 18 heteroatoms. The molecule has 0 saturated heterocycles. The van der Waals surface area contributed by atoms with Crippen molar-refractivity contribution in [3.8, 4) is 0 Å². The van der Waals surface area contributed by atoms with Crippen LogP contribution in [-0.2, 0) is 33.6 Å². The summed E-state index contributed by atoms with van der Waals surface area (Å²) < 4.78 is 0. The lowest BCUT2D eigenvalue weighted by Crippen LogP contribution is -2.57. The van der Waals surface area contributed by atoms with Crippen molar-refractivity contribution in [1.82, 2.24) is 16.0 Å². The zero-order chi connectivity index (χ0) is 29.4. The number of aliphatic carboxylic acids is 3. The van der Waals surface area contributed by atoms with Gasteiger partial charge in [0.1, 0.15) is 18.1 Å². The second kappa shape index (κ2) is 17.1. The van der Waals surface area contributed by atoms with Gasteiger partial charge in [0.25, 0.3) is 0 Å². The van der Waals surface area contributed by atoms with Crippen molar-refractivity contribution in [3.05, 3.63) is 0 Å². The van der Waals surface area contributed by atoms with Gasteiger partial charge in [-0.2, -0.15) is 0 Å². The number of carboxylic acid groups (broad SMARTS) is 3. The van der Waals surface area contributed by atoms with Crippen LogP contribution in [0.5, 0.6) is 0 Å². The summed E-state index contributed by atoms with van der Waals surface area (Å²) in [7, 11) is 0. The molecule has 0 aliphatic heterocycles. The second-order valence-electron chi connectivity index (χ2n) is 8.11. The molecule has 0 heterocycles. The van der Waals surface area contributed by atoms with Gasteiger partial charge in [-0.15, -0.1) is 0 Å². The van der Waals surface area contributed by atoms with E-state index in [1.165, 1.54) is 0 Å². The number of nitrogens with two attached hydrogens (primary N) is 4. The first-order chi connectivity index (χ1) is 17.6. The summed E-state index contributed by atoms with van der Waals surface area (Å²) in [4.78, 5) is 86.0. The van der Waals surface area contributed by atoms with E-state index in [9.17, 15) is 38.7 Å². The van der Waals surface area contributed by atoms with E-state index in [1.54, 1.807) is 0 Å². The van der Waals surface area contributed by atoms with Gasteiger partial charge < -0.3 is 54.2 Å². The fourth-order valence-corrected chi connectivity index (χ4v) is 2.94. The predicted octanol–water partition coefficient (Wildman–Crippen LogP) is -4.49. The lowest BCUT2D eigenvalue weighted by atomic mass is 10.1. The Morgan fingerprint density at radius 2 is 1.21 bits per heavy atom. The van der Waals surface area contributed by atoms with E-state index >= 15 is 0 Å².